The Morgan fingerprint density at radius 2 is 2.06 bits per heavy atom. The van der Waals surface area contributed by atoms with Gasteiger partial charge in [0.1, 0.15) is 11.9 Å². The zero-order chi connectivity index (χ0) is 14.1. The highest BCUT2D eigenvalue weighted by Crippen LogP contribution is 2.16. The Bertz CT molecular complexity index is 322. The molecule has 0 aliphatic carbocycles. The number of carboxylic acids is 1. The molecular formula is C10H19N3O4S. The molecule has 0 aromatic carbocycles. The van der Waals surface area contributed by atoms with E-state index in [2.05, 4.69) is 5.16 Å². The van der Waals surface area contributed by atoms with Gasteiger partial charge in [-0.25, -0.2) is 4.79 Å². The Morgan fingerprint density at radius 1 is 1.44 bits per heavy atom. The molecule has 0 rings (SSSR count). The molecule has 0 spiro atoms. The number of nitrogens with zero attached hydrogens (tertiary/aromatic N) is 2. The molecular weight excluding hydrogens is 258 g/mol. The van der Waals surface area contributed by atoms with Crippen LogP contribution < -0.4 is 5.73 Å². The van der Waals surface area contributed by atoms with E-state index in [9.17, 15) is 9.59 Å². The van der Waals surface area contributed by atoms with Crippen molar-refractivity contribution in [3.63, 3.8) is 0 Å². The number of rotatable bonds is 6. The van der Waals surface area contributed by atoms with E-state index in [4.69, 9.17) is 16.0 Å². The average Bonchev–Trinajstić information content (AvgIpc) is 2.36. The van der Waals surface area contributed by atoms with Crippen LogP contribution in [-0.2, 0) is 4.79 Å². The standard InChI is InChI=1S/C10H19N3O4S/c1-7(12-17)13(10(16)18-2)8(9(14)15)5-3-4-6-11/h8,17H,3-6,11H2,1-2H3,(H,14,15)/b12-7+/t8-/m0/s1. The first-order valence-electron chi connectivity index (χ1n) is 5.48. The number of carboxylic acid groups (broad SMARTS) is 1. The van der Waals surface area contributed by atoms with Crippen molar-refractivity contribution in [1.82, 2.24) is 4.90 Å². The fourth-order valence-corrected chi connectivity index (χ4v) is 1.93. The van der Waals surface area contributed by atoms with Gasteiger partial charge in [-0.2, -0.15) is 0 Å². The summed E-state index contributed by atoms with van der Waals surface area (Å²) >= 11 is 0.869. The van der Waals surface area contributed by atoms with Crippen LogP contribution in [0.1, 0.15) is 26.2 Å². The monoisotopic (exact) mass is 277 g/mol. The molecule has 0 saturated carbocycles. The summed E-state index contributed by atoms with van der Waals surface area (Å²) in [4.78, 5) is 23.9. The zero-order valence-corrected chi connectivity index (χ0v) is 11.3. The molecule has 18 heavy (non-hydrogen) atoms. The summed E-state index contributed by atoms with van der Waals surface area (Å²) in [6.07, 6.45) is 3.08. The topological polar surface area (TPSA) is 116 Å². The first kappa shape index (κ1) is 16.7. The third kappa shape index (κ3) is 4.92. The van der Waals surface area contributed by atoms with Crippen molar-refractivity contribution < 1.29 is 19.9 Å². The van der Waals surface area contributed by atoms with Gasteiger partial charge in [-0.05, 0) is 39.0 Å². The highest BCUT2D eigenvalue weighted by Gasteiger charge is 2.31. The lowest BCUT2D eigenvalue weighted by Crippen LogP contribution is -2.46. The molecule has 0 aromatic heterocycles. The molecule has 0 unspecified atom stereocenters. The maximum Gasteiger partial charge on any atom is 0.326 e. The predicted molar refractivity (Wildman–Crippen MR) is 70.0 cm³/mol. The minimum atomic E-state index is -1.13. The summed E-state index contributed by atoms with van der Waals surface area (Å²) in [5, 5.41) is 20.3. The quantitative estimate of drug-likeness (QED) is 0.220. The fraction of sp³-hybridized carbons (Fsp3) is 0.700. The van der Waals surface area contributed by atoms with Crippen molar-refractivity contribution in [3.8, 4) is 0 Å². The molecule has 1 amide bonds. The molecule has 0 bridgehead atoms. The minimum absolute atomic E-state index is 0.0329. The highest BCUT2D eigenvalue weighted by atomic mass is 32.2. The third-order valence-electron chi connectivity index (χ3n) is 2.39. The van der Waals surface area contributed by atoms with Crippen LogP contribution in [0.5, 0.6) is 0 Å². The summed E-state index contributed by atoms with van der Waals surface area (Å²) in [7, 11) is 0. The lowest BCUT2D eigenvalue weighted by molar-refractivity contribution is -0.141. The van der Waals surface area contributed by atoms with Crippen LogP contribution >= 0.6 is 11.8 Å². The Balaban J connectivity index is 4.98. The summed E-state index contributed by atoms with van der Waals surface area (Å²) in [5.74, 6) is -1.16. The van der Waals surface area contributed by atoms with Crippen LogP contribution in [0.2, 0.25) is 0 Å². The van der Waals surface area contributed by atoms with Gasteiger partial charge in [0.25, 0.3) is 5.24 Å². The van der Waals surface area contributed by atoms with Gasteiger partial charge in [0.2, 0.25) is 0 Å². The normalized spacial score (nSPS) is 13.2. The number of hydrogen-bond donors (Lipinski definition) is 3. The smallest absolute Gasteiger partial charge is 0.326 e. The van der Waals surface area contributed by atoms with Crippen molar-refractivity contribution in [2.24, 2.45) is 10.9 Å². The van der Waals surface area contributed by atoms with Crippen molar-refractivity contribution >= 4 is 28.8 Å². The van der Waals surface area contributed by atoms with Gasteiger partial charge in [-0.1, -0.05) is 16.9 Å². The zero-order valence-electron chi connectivity index (χ0n) is 10.5. The van der Waals surface area contributed by atoms with E-state index in [1.807, 2.05) is 0 Å². The lowest BCUT2D eigenvalue weighted by atomic mass is 10.1. The molecule has 0 fully saturated rings. The molecule has 0 radical (unpaired) electrons. The largest absolute Gasteiger partial charge is 0.480 e. The van der Waals surface area contributed by atoms with E-state index in [0.29, 0.717) is 19.4 Å². The maximum absolute atomic E-state index is 11.7. The van der Waals surface area contributed by atoms with Gasteiger partial charge in [0.05, 0.1) is 0 Å². The van der Waals surface area contributed by atoms with Crippen LogP contribution in [-0.4, -0.2) is 51.1 Å². The van der Waals surface area contributed by atoms with E-state index in [-0.39, 0.29) is 12.3 Å². The van der Waals surface area contributed by atoms with Crippen LogP contribution in [0.25, 0.3) is 0 Å². The van der Waals surface area contributed by atoms with E-state index < -0.39 is 17.3 Å². The highest BCUT2D eigenvalue weighted by molar-refractivity contribution is 8.13. The van der Waals surface area contributed by atoms with Crippen molar-refractivity contribution in [3.05, 3.63) is 0 Å². The number of amidine groups is 1. The molecule has 7 nitrogen and oxygen atoms in total. The first-order valence-corrected chi connectivity index (χ1v) is 6.70. The van der Waals surface area contributed by atoms with Gasteiger partial charge in [-0.15, -0.1) is 0 Å². The summed E-state index contributed by atoms with van der Waals surface area (Å²) in [6, 6.07) is -1.03. The van der Waals surface area contributed by atoms with Gasteiger partial charge >= 0.3 is 5.97 Å². The van der Waals surface area contributed by atoms with Gasteiger partial charge in [0.15, 0.2) is 0 Å². The lowest BCUT2D eigenvalue weighted by Gasteiger charge is -2.26. The molecule has 4 N–H and O–H groups in total. The van der Waals surface area contributed by atoms with Crippen LogP contribution in [0.15, 0.2) is 5.16 Å². The van der Waals surface area contributed by atoms with E-state index in [0.717, 1.165) is 16.7 Å². The van der Waals surface area contributed by atoms with Gasteiger partial charge in [0, 0.05) is 0 Å². The molecule has 8 heteroatoms. The van der Waals surface area contributed by atoms with Crippen LogP contribution in [0.4, 0.5) is 4.79 Å². The molecule has 1 atom stereocenters. The second kappa shape index (κ2) is 8.76. The summed E-state index contributed by atoms with van der Waals surface area (Å²) in [5.41, 5.74) is 5.34. The van der Waals surface area contributed by atoms with Crippen LogP contribution in [0, 0.1) is 0 Å². The first-order chi connectivity index (χ1) is 8.49. The number of carbonyl (C=O) groups is 2. The molecule has 0 heterocycles. The average molecular weight is 277 g/mol. The molecule has 0 aromatic rings. The van der Waals surface area contributed by atoms with Crippen LogP contribution in [0.3, 0.4) is 0 Å². The van der Waals surface area contributed by atoms with Gasteiger partial charge in [-0.3, -0.25) is 9.69 Å². The Labute approximate surface area is 110 Å². The summed E-state index contributed by atoms with van der Waals surface area (Å²) in [6.45, 7) is 1.85. The SMILES string of the molecule is CSC(=O)N(/C(C)=N/O)[C@@H](CCCCN)C(=O)O. The number of oxime groups is 1. The maximum atomic E-state index is 11.7. The number of amides is 1. The predicted octanol–water partition coefficient (Wildman–Crippen LogP) is 1.16. The number of hydrogen-bond acceptors (Lipinski definition) is 6. The molecule has 0 aliphatic rings. The number of nitrogens with two attached hydrogens (primary N) is 1. The molecule has 104 valence electrons. The second-order valence-electron chi connectivity index (χ2n) is 3.63. The van der Waals surface area contributed by atoms with Crippen molar-refractivity contribution in [2.45, 2.75) is 32.2 Å². The second-order valence-corrected chi connectivity index (χ2v) is 4.38. The van der Waals surface area contributed by atoms with E-state index >= 15 is 0 Å². The fourth-order valence-electron chi connectivity index (χ4n) is 1.48. The van der Waals surface area contributed by atoms with Crippen molar-refractivity contribution in [1.29, 1.82) is 0 Å². The third-order valence-corrected chi connectivity index (χ3v) is 2.94. The molecule has 0 saturated heterocycles. The number of thioether (sulfide) groups is 1. The number of carbonyl (C=O) groups excluding carboxylic acids is 1. The van der Waals surface area contributed by atoms with Crippen molar-refractivity contribution in [2.75, 3.05) is 12.8 Å². The number of aliphatic carboxylic acids is 1. The van der Waals surface area contributed by atoms with Gasteiger partial charge < -0.3 is 16.0 Å². The Kier molecular flexibility index (Phi) is 8.14. The Hall–Kier alpha value is -1.28. The Morgan fingerprint density at radius 3 is 2.44 bits per heavy atom. The van der Waals surface area contributed by atoms with E-state index in [1.165, 1.54) is 6.92 Å². The van der Waals surface area contributed by atoms with E-state index in [1.54, 1.807) is 6.26 Å². The summed E-state index contributed by atoms with van der Waals surface area (Å²) < 4.78 is 0. The number of unbranched alkanes of at least 4 members (excludes halogenated alkanes) is 1. The molecule has 0 aliphatic heterocycles. The minimum Gasteiger partial charge on any atom is -0.480 e.